The Labute approximate surface area is 131 Å². The van der Waals surface area contributed by atoms with E-state index in [-0.39, 0.29) is 17.6 Å². The van der Waals surface area contributed by atoms with E-state index in [4.69, 9.17) is 4.74 Å². The molecule has 2 rings (SSSR count). The Hall–Kier alpha value is -1.89. The highest BCUT2D eigenvalue weighted by Gasteiger charge is 2.28. The average Bonchev–Trinajstić information content (AvgIpc) is 2.71. The van der Waals surface area contributed by atoms with Crippen molar-refractivity contribution in [1.29, 1.82) is 0 Å². The Balaban J connectivity index is 2.51. The van der Waals surface area contributed by atoms with Gasteiger partial charge in [-0.2, -0.15) is 5.10 Å². The second kappa shape index (κ2) is 5.85. The van der Waals surface area contributed by atoms with E-state index < -0.39 is 4.92 Å². The molecule has 21 heavy (non-hydrogen) atoms. The van der Waals surface area contributed by atoms with Crippen LogP contribution in [0.3, 0.4) is 0 Å². The van der Waals surface area contributed by atoms with E-state index in [1.807, 2.05) is 32.9 Å². The highest BCUT2D eigenvalue weighted by atomic mass is 79.9. The van der Waals surface area contributed by atoms with Crippen LogP contribution in [0.4, 0.5) is 5.69 Å². The van der Waals surface area contributed by atoms with Gasteiger partial charge in [0.25, 0.3) is 5.88 Å². The number of aromatic nitrogens is 2. The minimum atomic E-state index is -0.456. The lowest BCUT2D eigenvalue weighted by Crippen LogP contribution is -2.05. The number of aryl methyl sites for hydroxylation is 2. The van der Waals surface area contributed by atoms with Crippen molar-refractivity contribution < 1.29 is 9.66 Å². The fourth-order valence-corrected chi connectivity index (χ4v) is 2.21. The molecule has 0 radical (unpaired) electrons. The van der Waals surface area contributed by atoms with E-state index >= 15 is 0 Å². The van der Waals surface area contributed by atoms with Gasteiger partial charge in [0.05, 0.1) is 11.0 Å². The van der Waals surface area contributed by atoms with Crippen LogP contribution in [0.5, 0.6) is 11.6 Å². The van der Waals surface area contributed by atoms with Crippen molar-refractivity contribution in [2.45, 2.75) is 33.7 Å². The summed E-state index contributed by atoms with van der Waals surface area (Å²) in [5.41, 5.74) is 1.24. The van der Waals surface area contributed by atoms with Crippen LogP contribution in [-0.4, -0.2) is 14.7 Å². The summed E-state index contributed by atoms with van der Waals surface area (Å²) in [6, 6.07) is 5.39. The molecule has 112 valence electrons. The number of halogens is 1. The van der Waals surface area contributed by atoms with E-state index in [1.54, 1.807) is 13.0 Å². The Morgan fingerprint density at radius 3 is 2.57 bits per heavy atom. The average molecular weight is 354 g/mol. The third kappa shape index (κ3) is 3.07. The lowest BCUT2D eigenvalue weighted by atomic mass is 10.2. The van der Waals surface area contributed by atoms with Gasteiger partial charge in [0, 0.05) is 4.47 Å². The van der Waals surface area contributed by atoms with Crippen molar-refractivity contribution in [2.24, 2.45) is 0 Å². The molecule has 0 unspecified atom stereocenters. The van der Waals surface area contributed by atoms with Crippen molar-refractivity contribution in [1.82, 2.24) is 9.78 Å². The van der Waals surface area contributed by atoms with Gasteiger partial charge in [-0.1, -0.05) is 15.9 Å². The van der Waals surface area contributed by atoms with Crippen molar-refractivity contribution >= 4 is 21.6 Å². The molecule has 7 heteroatoms. The molecular formula is C14H16BrN3O3. The zero-order chi connectivity index (χ0) is 15.7. The Morgan fingerprint density at radius 1 is 1.38 bits per heavy atom. The number of rotatable bonds is 4. The summed E-state index contributed by atoms with van der Waals surface area (Å²) < 4.78 is 8.25. The standard InChI is InChI=1S/C14H16BrN3O3/c1-8(2)17-14(13(18(19)20)10(4)16-17)21-11-5-6-12(15)9(3)7-11/h5-8H,1-4H3. The molecule has 0 aliphatic heterocycles. The maximum atomic E-state index is 11.3. The third-order valence-electron chi connectivity index (χ3n) is 3.03. The zero-order valence-electron chi connectivity index (χ0n) is 12.3. The van der Waals surface area contributed by atoms with Crippen LogP contribution in [-0.2, 0) is 0 Å². The second-order valence-corrected chi connectivity index (χ2v) is 5.90. The summed E-state index contributed by atoms with van der Waals surface area (Å²) in [5, 5.41) is 15.5. The van der Waals surface area contributed by atoms with Crippen LogP contribution in [0.2, 0.25) is 0 Å². The maximum Gasteiger partial charge on any atom is 0.353 e. The van der Waals surface area contributed by atoms with Crippen LogP contribution in [0.1, 0.15) is 31.1 Å². The largest absolute Gasteiger partial charge is 0.434 e. The van der Waals surface area contributed by atoms with Gasteiger partial charge in [0.15, 0.2) is 0 Å². The minimum absolute atomic E-state index is 0.0380. The Kier molecular flexibility index (Phi) is 4.32. The van der Waals surface area contributed by atoms with E-state index in [0.29, 0.717) is 11.4 Å². The van der Waals surface area contributed by atoms with Gasteiger partial charge in [0.1, 0.15) is 11.4 Å². The number of hydrogen-bond acceptors (Lipinski definition) is 4. The minimum Gasteiger partial charge on any atom is -0.434 e. The predicted octanol–water partition coefficient (Wildman–Crippen LogP) is 4.54. The highest BCUT2D eigenvalue weighted by Crippen LogP contribution is 2.36. The van der Waals surface area contributed by atoms with Crippen molar-refractivity contribution in [3.63, 3.8) is 0 Å². The third-order valence-corrected chi connectivity index (χ3v) is 3.92. The van der Waals surface area contributed by atoms with Gasteiger partial charge >= 0.3 is 5.69 Å². The summed E-state index contributed by atoms with van der Waals surface area (Å²) in [4.78, 5) is 10.8. The molecule has 0 atom stereocenters. The first-order chi connectivity index (χ1) is 9.81. The molecule has 2 aromatic rings. The molecule has 0 amide bonds. The second-order valence-electron chi connectivity index (χ2n) is 5.05. The van der Waals surface area contributed by atoms with E-state index in [1.165, 1.54) is 4.68 Å². The van der Waals surface area contributed by atoms with Crippen LogP contribution >= 0.6 is 15.9 Å². The molecule has 0 bridgehead atoms. The topological polar surface area (TPSA) is 70.2 Å². The van der Waals surface area contributed by atoms with Crippen LogP contribution < -0.4 is 4.74 Å². The summed E-state index contributed by atoms with van der Waals surface area (Å²) in [7, 11) is 0. The SMILES string of the molecule is Cc1cc(Oc2c([N+](=O)[O-])c(C)nn2C(C)C)ccc1Br. The molecule has 1 aromatic heterocycles. The van der Waals surface area contributed by atoms with Crippen molar-refractivity contribution in [3.8, 4) is 11.6 Å². The van der Waals surface area contributed by atoms with E-state index in [0.717, 1.165) is 10.0 Å². The van der Waals surface area contributed by atoms with E-state index in [2.05, 4.69) is 21.0 Å². The molecule has 0 spiro atoms. The molecule has 0 N–H and O–H groups in total. The molecule has 0 aliphatic rings. The molecule has 0 fully saturated rings. The number of nitro groups is 1. The van der Waals surface area contributed by atoms with Gasteiger partial charge in [-0.15, -0.1) is 0 Å². The summed E-state index contributed by atoms with van der Waals surface area (Å²) >= 11 is 3.41. The fraction of sp³-hybridized carbons (Fsp3) is 0.357. The molecule has 0 aliphatic carbocycles. The van der Waals surface area contributed by atoms with Crippen LogP contribution in [0.25, 0.3) is 0 Å². The van der Waals surface area contributed by atoms with Crippen LogP contribution in [0, 0.1) is 24.0 Å². The summed E-state index contributed by atoms with van der Waals surface area (Å²) in [6.07, 6.45) is 0. The first-order valence-corrected chi connectivity index (χ1v) is 7.28. The Morgan fingerprint density at radius 2 is 2.05 bits per heavy atom. The first-order valence-electron chi connectivity index (χ1n) is 6.48. The summed E-state index contributed by atoms with van der Waals surface area (Å²) in [6.45, 7) is 7.33. The number of benzene rings is 1. The van der Waals surface area contributed by atoms with Crippen molar-refractivity contribution in [2.75, 3.05) is 0 Å². The first kappa shape index (κ1) is 15.5. The van der Waals surface area contributed by atoms with E-state index in [9.17, 15) is 10.1 Å². The van der Waals surface area contributed by atoms with Gasteiger partial charge in [-0.3, -0.25) is 10.1 Å². The number of ether oxygens (including phenoxy) is 1. The maximum absolute atomic E-state index is 11.3. The number of nitrogens with zero attached hydrogens (tertiary/aromatic N) is 3. The van der Waals surface area contributed by atoms with Gasteiger partial charge in [-0.05, 0) is 51.5 Å². The van der Waals surface area contributed by atoms with Gasteiger partial charge in [0.2, 0.25) is 0 Å². The molecule has 1 aromatic carbocycles. The molecule has 0 saturated carbocycles. The fourth-order valence-electron chi connectivity index (χ4n) is 1.97. The van der Waals surface area contributed by atoms with Gasteiger partial charge in [-0.25, -0.2) is 4.68 Å². The van der Waals surface area contributed by atoms with Crippen molar-refractivity contribution in [3.05, 3.63) is 44.0 Å². The molecular weight excluding hydrogens is 338 g/mol. The predicted molar refractivity (Wildman–Crippen MR) is 83.0 cm³/mol. The quantitative estimate of drug-likeness (QED) is 0.597. The Bertz CT molecular complexity index is 695. The normalized spacial score (nSPS) is 11.0. The van der Waals surface area contributed by atoms with Crippen LogP contribution in [0.15, 0.2) is 22.7 Å². The summed E-state index contributed by atoms with van der Waals surface area (Å²) in [5.74, 6) is 0.704. The lowest BCUT2D eigenvalue weighted by Gasteiger charge is -2.11. The zero-order valence-corrected chi connectivity index (χ0v) is 13.8. The molecule has 1 heterocycles. The molecule has 6 nitrogen and oxygen atoms in total. The molecule has 0 saturated heterocycles. The lowest BCUT2D eigenvalue weighted by molar-refractivity contribution is -0.386. The smallest absolute Gasteiger partial charge is 0.353 e. The monoisotopic (exact) mass is 353 g/mol. The highest BCUT2D eigenvalue weighted by molar-refractivity contribution is 9.10. The van der Waals surface area contributed by atoms with Gasteiger partial charge < -0.3 is 4.74 Å². The number of hydrogen-bond donors (Lipinski definition) is 0.